The Morgan fingerprint density at radius 2 is 1.44 bits per heavy atom. The molecule has 0 bridgehead atoms. The molecular formula is C15H20Cl2F6N2. The fourth-order valence-electron chi connectivity index (χ4n) is 2.75. The van der Waals surface area contributed by atoms with Crippen LogP contribution >= 0.6 is 24.8 Å². The molecule has 1 fully saturated rings. The van der Waals surface area contributed by atoms with E-state index in [-0.39, 0.29) is 31.2 Å². The molecule has 1 heterocycles. The number of hydrogen-bond donors (Lipinski definition) is 1. The second-order valence-corrected chi connectivity index (χ2v) is 5.58. The lowest BCUT2D eigenvalue weighted by atomic mass is 9.98. The second kappa shape index (κ2) is 9.85. The van der Waals surface area contributed by atoms with E-state index in [0.29, 0.717) is 31.7 Å². The van der Waals surface area contributed by atoms with Gasteiger partial charge in [0.05, 0.1) is 5.56 Å². The third-order valence-corrected chi connectivity index (χ3v) is 3.92. The van der Waals surface area contributed by atoms with Gasteiger partial charge < -0.3 is 5.32 Å². The van der Waals surface area contributed by atoms with E-state index < -0.39 is 30.4 Å². The summed E-state index contributed by atoms with van der Waals surface area (Å²) >= 11 is 0. The van der Waals surface area contributed by atoms with Crippen LogP contribution in [0.5, 0.6) is 0 Å². The molecule has 0 radical (unpaired) electrons. The Morgan fingerprint density at radius 1 is 0.920 bits per heavy atom. The largest absolute Gasteiger partial charge is 0.416 e. The highest BCUT2D eigenvalue weighted by molar-refractivity contribution is 5.85. The van der Waals surface area contributed by atoms with E-state index in [9.17, 15) is 26.3 Å². The molecule has 0 aromatic heterocycles. The predicted octanol–water partition coefficient (Wildman–Crippen LogP) is 4.84. The van der Waals surface area contributed by atoms with Crippen molar-refractivity contribution < 1.29 is 26.3 Å². The van der Waals surface area contributed by atoms with Crippen LogP contribution in [0, 0.1) is 0 Å². The molecule has 25 heavy (non-hydrogen) atoms. The summed E-state index contributed by atoms with van der Waals surface area (Å²) in [6, 6.07) is 3.90. The maximum Gasteiger partial charge on any atom is 0.416 e. The highest BCUT2D eigenvalue weighted by atomic mass is 35.5. The Balaban J connectivity index is 0.00000288. The van der Waals surface area contributed by atoms with E-state index in [1.165, 1.54) is 12.1 Å². The van der Waals surface area contributed by atoms with Gasteiger partial charge in [0.15, 0.2) is 0 Å². The van der Waals surface area contributed by atoms with Crippen molar-refractivity contribution in [2.24, 2.45) is 0 Å². The fourth-order valence-corrected chi connectivity index (χ4v) is 2.75. The SMILES string of the molecule is Cl.Cl.FC(F)(F)CC[C@H](c1ccc(C(F)(F)F)cc1)N1CCNCC1. The van der Waals surface area contributed by atoms with Crippen molar-refractivity contribution in [3.8, 4) is 0 Å². The topological polar surface area (TPSA) is 15.3 Å². The third kappa shape index (κ3) is 7.60. The molecule has 1 saturated heterocycles. The first-order valence-electron chi connectivity index (χ1n) is 7.35. The molecule has 2 rings (SSSR count). The zero-order valence-electron chi connectivity index (χ0n) is 13.2. The van der Waals surface area contributed by atoms with Crippen LogP contribution in [0.25, 0.3) is 0 Å². The fraction of sp³-hybridized carbons (Fsp3) is 0.600. The molecule has 0 spiro atoms. The third-order valence-electron chi connectivity index (χ3n) is 3.92. The minimum Gasteiger partial charge on any atom is -0.314 e. The summed E-state index contributed by atoms with van der Waals surface area (Å²) in [5.74, 6) is 0. The van der Waals surface area contributed by atoms with Gasteiger partial charge in [-0.3, -0.25) is 4.90 Å². The molecule has 146 valence electrons. The first kappa shape index (κ1) is 24.3. The van der Waals surface area contributed by atoms with Gasteiger partial charge in [-0.1, -0.05) is 12.1 Å². The number of hydrogen-bond acceptors (Lipinski definition) is 2. The van der Waals surface area contributed by atoms with Gasteiger partial charge in [-0.05, 0) is 24.1 Å². The van der Waals surface area contributed by atoms with E-state index in [2.05, 4.69) is 5.32 Å². The van der Waals surface area contributed by atoms with Crippen LogP contribution in [0.1, 0.15) is 30.0 Å². The first-order chi connectivity index (χ1) is 10.7. The summed E-state index contributed by atoms with van der Waals surface area (Å²) in [5.41, 5.74) is -0.305. The Hall–Kier alpha value is -0.700. The van der Waals surface area contributed by atoms with E-state index in [1.54, 1.807) is 0 Å². The minimum absolute atomic E-state index is 0. The molecule has 1 N–H and O–H groups in total. The summed E-state index contributed by atoms with van der Waals surface area (Å²) in [5, 5.41) is 3.11. The van der Waals surface area contributed by atoms with Crippen LogP contribution in [-0.2, 0) is 6.18 Å². The van der Waals surface area contributed by atoms with Crippen LogP contribution < -0.4 is 5.32 Å². The van der Waals surface area contributed by atoms with Gasteiger partial charge in [0.2, 0.25) is 0 Å². The number of rotatable bonds is 4. The standard InChI is InChI=1S/C15H18F6N2.2ClH/c16-14(17,18)6-5-13(23-9-7-22-8-10-23)11-1-3-12(4-2-11)15(19,20)21;;/h1-4,13,22H,5-10H2;2*1H/t13-;;/m1../s1. The van der Waals surface area contributed by atoms with E-state index in [0.717, 1.165) is 12.1 Å². The van der Waals surface area contributed by atoms with Crippen molar-refractivity contribution in [3.63, 3.8) is 0 Å². The second-order valence-electron chi connectivity index (χ2n) is 5.58. The van der Waals surface area contributed by atoms with Crippen molar-refractivity contribution in [1.82, 2.24) is 10.2 Å². The van der Waals surface area contributed by atoms with Gasteiger partial charge in [-0.25, -0.2) is 0 Å². The smallest absolute Gasteiger partial charge is 0.314 e. The molecule has 1 aromatic carbocycles. The molecule has 10 heteroatoms. The van der Waals surface area contributed by atoms with Gasteiger partial charge in [0, 0.05) is 38.6 Å². The average molecular weight is 413 g/mol. The summed E-state index contributed by atoms with van der Waals surface area (Å²) in [7, 11) is 0. The Morgan fingerprint density at radius 3 is 1.88 bits per heavy atom. The number of nitrogens with zero attached hydrogens (tertiary/aromatic N) is 1. The van der Waals surface area contributed by atoms with Crippen LogP contribution in [0.3, 0.4) is 0 Å². The van der Waals surface area contributed by atoms with Gasteiger partial charge in [-0.15, -0.1) is 24.8 Å². The summed E-state index contributed by atoms with van der Waals surface area (Å²) in [6.07, 6.45) is -9.84. The summed E-state index contributed by atoms with van der Waals surface area (Å²) < 4.78 is 75.5. The Bertz CT molecular complexity index is 498. The maximum atomic E-state index is 12.6. The normalized spacial score (nSPS) is 17.4. The lowest BCUT2D eigenvalue weighted by Crippen LogP contribution is -2.45. The molecule has 1 aliphatic heterocycles. The number of piperazine rings is 1. The highest BCUT2D eigenvalue weighted by Crippen LogP contribution is 2.34. The number of alkyl halides is 6. The molecule has 0 aliphatic carbocycles. The van der Waals surface area contributed by atoms with Gasteiger partial charge in [0.25, 0.3) is 0 Å². The molecule has 1 atom stereocenters. The van der Waals surface area contributed by atoms with Gasteiger partial charge in [0.1, 0.15) is 0 Å². The van der Waals surface area contributed by atoms with Gasteiger partial charge >= 0.3 is 12.4 Å². The monoisotopic (exact) mass is 412 g/mol. The number of benzene rings is 1. The zero-order chi connectivity index (χ0) is 17.1. The molecule has 0 unspecified atom stereocenters. The molecule has 0 saturated carbocycles. The van der Waals surface area contributed by atoms with Gasteiger partial charge in [-0.2, -0.15) is 26.3 Å². The van der Waals surface area contributed by atoms with Crippen LogP contribution in [-0.4, -0.2) is 37.3 Å². The molecular weight excluding hydrogens is 393 g/mol. The lowest BCUT2D eigenvalue weighted by molar-refractivity contribution is -0.138. The Labute approximate surface area is 154 Å². The number of halogens is 8. The summed E-state index contributed by atoms with van der Waals surface area (Å²) in [6.45, 7) is 2.46. The predicted molar refractivity (Wildman–Crippen MR) is 88.4 cm³/mol. The van der Waals surface area contributed by atoms with Crippen molar-refractivity contribution in [1.29, 1.82) is 0 Å². The van der Waals surface area contributed by atoms with E-state index in [1.807, 2.05) is 4.90 Å². The average Bonchev–Trinajstić information content (AvgIpc) is 2.47. The van der Waals surface area contributed by atoms with Crippen molar-refractivity contribution in [3.05, 3.63) is 35.4 Å². The summed E-state index contributed by atoms with van der Waals surface area (Å²) in [4.78, 5) is 1.89. The minimum atomic E-state index is -4.45. The molecule has 1 aliphatic rings. The van der Waals surface area contributed by atoms with Crippen LogP contribution in [0.2, 0.25) is 0 Å². The van der Waals surface area contributed by atoms with E-state index in [4.69, 9.17) is 0 Å². The van der Waals surface area contributed by atoms with Crippen molar-refractivity contribution in [2.75, 3.05) is 26.2 Å². The highest BCUT2D eigenvalue weighted by Gasteiger charge is 2.33. The van der Waals surface area contributed by atoms with Crippen LogP contribution in [0.4, 0.5) is 26.3 Å². The van der Waals surface area contributed by atoms with Crippen LogP contribution in [0.15, 0.2) is 24.3 Å². The van der Waals surface area contributed by atoms with Crippen molar-refractivity contribution >= 4 is 24.8 Å². The molecule has 0 amide bonds. The number of nitrogens with one attached hydrogen (secondary N) is 1. The quantitative estimate of drug-likeness (QED) is 0.711. The maximum absolute atomic E-state index is 12.6. The van der Waals surface area contributed by atoms with E-state index >= 15 is 0 Å². The molecule has 1 aromatic rings. The zero-order valence-corrected chi connectivity index (χ0v) is 14.8. The molecule has 2 nitrogen and oxygen atoms in total. The first-order valence-corrected chi connectivity index (χ1v) is 7.35. The lowest BCUT2D eigenvalue weighted by Gasteiger charge is -2.35. The Kier molecular flexibility index (Phi) is 9.57. The van der Waals surface area contributed by atoms with Crippen molar-refractivity contribution in [2.45, 2.75) is 31.2 Å².